The lowest BCUT2D eigenvalue weighted by Crippen LogP contribution is -2.56. The maximum Gasteiger partial charge on any atom is 0.223 e. The number of hydrogen-bond donors (Lipinski definition) is 1. The SMILES string of the molecule is CCC(CC)C(=O)NC[C@H]1C[C@H]2CCN1C[C@@H]2c1cc(-c2ccc(OC)c(OC)c2)nn1C. The van der Waals surface area contributed by atoms with E-state index >= 15 is 0 Å². The van der Waals surface area contributed by atoms with E-state index in [0.29, 0.717) is 23.6 Å². The molecule has 180 valence electrons. The van der Waals surface area contributed by atoms with Gasteiger partial charge in [0.15, 0.2) is 11.5 Å². The van der Waals surface area contributed by atoms with Gasteiger partial charge in [0, 0.05) is 49.3 Å². The van der Waals surface area contributed by atoms with Gasteiger partial charge in [0.1, 0.15) is 0 Å². The molecular weight excluding hydrogens is 416 g/mol. The Balaban J connectivity index is 1.45. The second-order valence-corrected chi connectivity index (χ2v) is 9.45. The van der Waals surface area contributed by atoms with Crippen molar-refractivity contribution in [2.45, 2.75) is 51.5 Å². The molecule has 1 unspecified atom stereocenters. The van der Waals surface area contributed by atoms with Gasteiger partial charge >= 0.3 is 0 Å². The Bertz CT molecular complexity index is 968. The monoisotopic (exact) mass is 454 g/mol. The highest BCUT2D eigenvalue weighted by Crippen LogP contribution is 2.42. The average molecular weight is 455 g/mol. The van der Waals surface area contributed by atoms with E-state index in [2.05, 4.69) is 30.1 Å². The number of aryl methyl sites for hydroxylation is 1. The van der Waals surface area contributed by atoms with Crippen molar-refractivity contribution in [3.8, 4) is 22.8 Å². The fourth-order valence-electron chi connectivity index (χ4n) is 5.67. The molecule has 1 aromatic heterocycles. The van der Waals surface area contributed by atoms with Crippen LogP contribution in [0.4, 0.5) is 0 Å². The molecule has 3 saturated heterocycles. The number of amides is 1. The normalized spacial score (nSPS) is 24.2. The van der Waals surface area contributed by atoms with Gasteiger partial charge in [0.25, 0.3) is 0 Å². The summed E-state index contributed by atoms with van der Waals surface area (Å²) in [5.74, 6) is 2.87. The van der Waals surface area contributed by atoms with Gasteiger partial charge in [0.2, 0.25) is 5.91 Å². The Morgan fingerprint density at radius 2 is 1.94 bits per heavy atom. The summed E-state index contributed by atoms with van der Waals surface area (Å²) >= 11 is 0. The zero-order chi connectivity index (χ0) is 23.5. The molecule has 1 N–H and O–H groups in total. The fourth-order valence-corrected chi connectivity index (χ4v) is 5.67. The highest BCUT2D eigenvalue weighted by molar-refractivity contribution is 5.78. The number of benzene rings is 1. The van der Waals surface area contributed by atoms with E-state index in [9.17, 15) is 4.79 Å². The minimum absolute atomic E-state index is 0.137. The third-order valence-corrected chi connectivity index (χ3v) is 7.72. The van der Waals surface area contributed by atoms with Crippen molar-refractivity contribution in [3.63, 3.8) is 0 Å². The first-order valence-electron chi connectivity index (χ1n) is 12.3. The van der Waals surface area contributed by atoms with E-state index in [-0.39, 0.29) is 11.8 Å². The average Bonchev–Trinajstić information content (AvgIpc) is 3.24. The van der Waals surface area contributed by atoms with Crippen molar-refractivity contribution in [1.82, 2.24) is 20.0 Å². The third-order valence-electron chi connectivity index (χ3n) is 7.72. The van der Waals surface area contributed by atoms with Gasteiger partial charge in [-0.05, 0) is 62.4 Å². The van der Waals surface area contributed by atoms with Crippen molar-refractivity contribution in [2.24, 2.45) is 18.9 Å². The van der Waals surface area contributed by atoms with E-state index in [1.165, 1.54) is 12.1 Å². The molecule has 7 nitrogen and oxygen atoms in total. The van der Waals surface area contributed by atoms with Gasteiger partial charge in [-0.1, -0.05) is 13.8 Å². The smallest absolute Gasteiger partial charge is 0.223 e. The summed E-state index contributed by atoms with van der Waals surface area (Å²) in [7, 11) is 5.35. The molecule has 33 heavy (non-hydrogen) atoms. The number of nitrogens with one attached hydrogen (secondary N) is 1. The molecule has 4 atom stereocenters. The van der Waals surface area contributed by atoms with Crippen LogP contribution >= 0.6 is 0 Å². The highest BCUT2D eigenvalue weighted by Gasteiger charge is 2.42. The van der Waals surface area contributed by atoms with Crippen LogP contribution in [0.2, 0.25) is 0 Å². The first-order valence-corrected chi connectivity index (χ1v) is 12.3. The van der Waals surface area contributed by atoms with Crippen LogP contribution in [0, 0.1) is 11.8 Å². The summed E-state index contributed by atoms with van der Waals surface area (Å²) < 4.78 is 12.9. The van der Waals surface area contributed by atoms with Gasteiger partial charge in [-0.2, -0.15) is 5.10 Å². The van der Waals surface area contributed by atoms with Crippen LogP contribution in [0.5, 0.6) is 11.5 Å². The number of nitrogens with zero attached hydrogens (tertiary/aromatic N) is 3. The largest absolute Gasteiger partial charge is 0.493 e. The molecule has 1 amide bonds. The van der Waals surface area contributed by atoms with Crippen molar-refractivity contribution >= 4 is 5.91 Å². The number of carbonyl (C=O) groups is 1. The first kappa shape index (κ1) is 23.6. The number of rotatable bonds is 9. The summed E-state index contributed by atoms with van der Waals surface area (Å²) in [6.45, 7) is 7.10. The maximum absolute atomic E-state index is 12.5. The second-order valence-electron chi connectivity index (χ2n) is 9.45. The molecule has 2 bridgehead atoms. The van der Waals surface area contributed by atoms with E-state index < -0.39 is 0 Å². The molecule has 3 aliphatic rings. The lowest BCUT2D eigenvalue weighted by atomic mass is 9.74. The van der Waals surface area contributed by atoms with Crippen LogP contribution in [-0.2, 0) is 11.8 Å². The van der Waals surface area contributed by atoms with Crippen LogP contribution in [-0.4, -0.2) is 60.5 Å². The molecule has 0 spiro atoms. The topological polar surface area (TPSA) is 68.6 Å². The summed E-state index contributed by atoms with van der Waals surface area (Å²) in [5.41, 5.74) is 3.27. The third kappa shape index (κ3) is 4.74. The van der Waals surface area contributed by atoms with Crippen LogP contribution in [0.15, 0.2) is 24.3 Å². The van der Waals surface area contributed by atoms with Crippen LogP contribution in [0.3, 0.4) is 0 Å². The number of piperidine rings is 3. The highest BCUT2D eigenvalue weighted by atomic mass is 16.5. The predicted molar refractivity (Wildman–Crippen MR) is 130 cm³/mol. The zero-order valence-corrected chi connectivity index (χ0v) is 20.6. The lowest BCUT2D eigenvalue weighted by molar-refractivity contribution is -0.125. The number of carbonyl (C=O) groups excluding carboxylic acids is 1. The molecule has 3 aliphatic heterocycles. The number of hydrogen-bond acceptors (Lipinski definition) is 5. The summed E-state index contributed by atoms with van der Waals surface area (Å²) in [6.07, 6.45) is 4.15. The quantitative estimate of drug-likeness (QED) is 0.624. The Morgan fingerprint density at radius 1 is 1.18 bits per heavy atom. The standard InChI is InChI=1S/C26H38N4O3/c1-6-17(7-2)26(31)27-15-20-12-18-10-11-30(20)16-21(18)23-14-22(28-29(23)3)19-8-9-24(32-4)25(13-19)33-5/h8-9,13-14,17-18,20-21H,6-7,10-12,15-16H2,1-5H3,(H,27,31)/t18-,20-,21+/m1/s1. The fraction of sp³-hybridized carbons (Fsp3) is 0.615. The van der Waals surface area contributed by atoms with Crippen molar-refractivity contribution < 1.29 is 14.3 Å². The number of methoxy groups -OCH3 is 2. The second kappa shape index (κ2) is 10.2. The van der Waals surface area contributed by atoms with Crippen molar-refractivity contribution in [3.05, 3.63) is 30.0 Å². The van der Waals surface area contributed by atoms with Gasteiger partial charge < -0.3 is 14.8 Å². The van der Waals surface area contributed by atoms with E-state index in [0.717, 1.165) is 55.9 Å². The summed E-state index contributed by atoms with van der Waals surface area (Å²) in [4.78, 5) is 15.0. The van der Waals surface area contributed by atoms with Gasteiger partial charge in [-0.25, -0.2) is 0 Å². The minimum Gasteiger partial charge on any atom is -0.493 e. The molecule has 0 saturated carbocycles. The Morgan fingerprint density at radius 3 is 2.58 bits per heavy atom. The Kier molecular flexibility index (Phi) is 7.27. The minimum atomic E-state index is 0.137. The molecule has 0 radical (unpaired) electrons. The molecular formula is C26H38N4O3. The van der Waals surface area contributed by atoms with Gasteiger partial charge in [-0.3, -0.25) is 14.4 Å². The number of ether oxygens (including phenoxy) is 2. The zero-order valence-electron chi connectivity index (χ0n) is 20.6. The van der Waals surface area contributed by atoms with E-state index in [4.69, 9.17) is 14.6 Å². The molecule has 0 aliphatic carbocycles. The number of aromatic nitrogens is 2. The maximum atomic E-state index is 12.5. The molecule has 2 aromatic rings. The van der Waals surface area contributed by atoms with Gasteiger partial charge in [-0.15, -0.1) is 0 Å². The van der Waals surface area contributed by atoms with E-state index in [1.54, 1.807) is 14.2 Å². The van der Waals surface area contributed by atoms with Crippen LogP contribution in [0.25, 0.3) is 11.3 Å². The van der Waals surface area contributed by atoms with E-state index in [1.807, 2.05) is 29.9 Å². The van der Waals surface area contributed by atoms with Crippen LogP contribution < -0.4 is 14.8 Å². The Labute approximate surface area is 197 Å². The predicted octanol–water partition coefficient (Wildman–Crippen LogP) is 3.83. The molecule has 3 fully saturated rings. The van der Waals surface area contributed by atoms with Gasteiger partial charge in [0.05, 0.1) is 19.9 Å². The summed E-state index contributed by atoms with van der Waals surface area (Å²) in [5, 5.41) is 8.06. The molecule has 7 heteroatoms. The molecule has 4 heterocycles. The lowest BCUT2D eigenvalue weighted by Gasteiger charge is -2.50. The number of fused-ring (bicyclic) bond motifs is 3. The summed E-state index contributed by atoms with van der Waals surface area (Å²) in [6, 6.07) is 8.62. The Hall–Kier alpha value is -2.54. The first-order chi connectivity index (χ1) is 16.0. The van der Waals surface area contributed by atoms with Crippen LogP contribution in [0.1, 0.15) is 51.1 Å². The molecule has 1 aromatic carbocycles. The molecule has 5 rings (SSSR count). The van der Waals surface area contributed by atoms with Crippen molar-refractivity contribution in [2.75, 3.05) is 33.9 Å². The van der Waals surface area contributed by atoms with Crippen molar-refractivity contribution in [1.29, 1.82) is 0 Å².